The average Bonchev–Trinajstić information content (AvgIpc) is 3.74. The first-order valence-corrected chi connectivity index (χ1v) is 12.6. The Bertz CT molecular complexity index is 1150. The Morgan fingerprint density at radius 3 is 2.29 bits per heavy atom. The van der Waals surface area contributed by atoms with Gasteiger partial charge < -0.3 is 20.5 Å². The molecule has 7 heteroatoms. The Morgan fingerprint density at radius 2 is 1.66 bits per heavy atom. The summed E-state index contributed by atoms with van der Waals surface area (Å²) in [7, 11) is 0. The molecule has 0 aliphatic heterocycles. The monoisotopic (exact) mass is 474 g/mol. The maximum atomic E-state index is 13.0. The molecule has 35 heavy (non-hydrogen) atoms. The zero-order chi connectivity index (χ0) is 24.2. The molecule has 182 valence electrons. The summed E-state index contributed by atoms with van der Waals surface area (Å²) in [6.45, 7) is 0.253. The van der Waals surface area contributed by atoms with Crippen molar-refractivity contribution < 1.29 is 24.2 Å². The molecule has 3 saturated carbocycles. The van der Waals surface area contributed by atoms with E-state index in [4.69, 9.17) is 4.74 Å². The lowest BCUT2D eigenvalue weighted by molar-refractivity contribution is -0.143. The summed E-state index contributed by atoms with van der Waals surface area (Å²) < 4.78 is 5.66. The topological polar surface area (TPSA) is 105 Å². The number of carbonyl (C=O) groups excluding carboxylic acids is 2. The van der Waals surface area contributed by atoms with Crippen LogP contribution in [-0.4, -0.2) is 41.8 Å². The van der Waals surface area contributed by atoms with Crippen molar-refractivity contribution in [2.24, 2.45) is 17.3 Å². The molecule has 3 N–H and O–H groups in total. The molecule has 3 fully saturated rings. The number of carboxylic acid groups (broad SMARTS) is 1. The molecule has 2 aromatic carbocycles. The first-order chi connectivity index (χ1) is 16.9. The maximum Gasteiger partial charge on any atom is 0.407 e. The predicted molar refractivity (Wildman–Crippen MR) is 129 cm³/mol. The van der Waals surface area contributed by atoms with Gasteiger partial charge in [-0.15, -0.1) is 0 Å². The van der Waals surface area contributed by atoms with Crippen molar-refractivity contribution >= 4 is 18.0 Å². The standard InChI is InChI=1S/C28H30N2O5/c31-25(32)24(11-16-9-10-16)30-26(33)28-13-17(28)12-18(14-28)29-27(34)35-15-23-21-7-3-1-5-19(21)20-6-2-4-8-22(20)23/h1-8,16-18,23-24H,9-15H2,(H,29,34)(H,30,33)(H,31,32). The van der Waals surface area contributed by atoms with Crippen LogP contribution in [0.5, 0.6) is 0 Å². The van der Waals surface area contributed by atoms with E-state index in [9.17, 15) is 19.5 Å². The van der Waals surface area contributed by atoms with Crippen LogP contribution >= 0.6 is 0 Å². The van der Waals surface area contributed by atoms with Crippen molar-refractivity contribution in [2.75, 3.05) is 6.61 Å². The van der Waals surface area contributed by atoms with E-state index in [0.29, 0.717) is 18.8 Å². The molecule has 0 heterocycles. The molecule has 0 saturated heterocycles. The molecule has 4 unspecified atom stereocenters. The van der Waals surface area contributed by atoms with Crippen molar-refractivity contribution in [3.63, 3.8) is 0 Å². The molecule has 0 radical (unpaired) electrons. The van der Waals surface area contributed by atoms with Gasteiger partial charge in [0.2, 0.25) is 5.91 Å². The van der Waals surface area contributed by atoms with Crippen LogP contribution in [0.2, 0.25) is 0 Å². The van der Waals surface area contributed by atoms with E-state index in [2.05, 4.69) is 34.9 Å². The first kappa shape index (κ1) is 22.1. The highest BCUT2D eigenvalue weighted by molar-refractivity contribution is 5.90. The average molecular weight is 475 g/mol. The Kier molecular flexibility index (Phi) is 5.31. The third-order valence-electron chi connectivity index (χ3n) is 8.40. The molecule has 0 spiro atoms. The quantitative estimate of drug-likeness (QED) is 0.535. The van der Waals surface area contributed by atoms with Gasteiger partial charge in [0.1, 0.15) is 12.6 Å². The van der Waals surface area contributed by atoms with Gasteiger partial charge in [0.25, 0.3) is 0 Å². The summed E-state index contributed by atoms with van der Waals surface area (Å²) in [5.41, 5.74) is 4.15. The largest absolute Gasteiger partial charge is 0.480 e. The number of ether oxygens (including phenoxy) is 1. The zero-order valence-corrected chi connectivity index (χ0v) is 19.5. The van der Waals surface area contributed by atoms with E-state index in [1.54, 1.807) is 0 Å². The molecule has 2 amide bonds. The van der Waals surface area contributed by atoms with Gasteiger partial charge in [-0.1, -0.05) is 61.4 Å². The summed E-state index contributed by atoms with van der Waals surface area (Å²) in [6.07, 6.45) is 4.13. The van der Waals surface area contributed by atoms with Crippen molar-refractivity contribution in [1.82, 2.24) is 10.6 Å². The lowest BCUT2D eigenvalue weighted by Gasteiger charge is -2.21. The van der Waals surface area contributed by atoms with Crippen LogP contribution in [0.3, 0.4) is 0 Å². The van der Waals surface area contributed by atoms with Gasteiger partial charge in [0.05, 0.1) is 5.41 Å². The summed E-state index contributed by atoms with van der Waals surface area (Å²) in [5.74, 6) is -0.536. The Balaban J connectivity index is 1.04. The Morgan fingerprint density at radius 1 is 1.00 bits per heavy atom. The molecule has 6 rings (SSSR count). The number of carboxylic acids is 1. The van der Waals surface area contributed by atoms with E-state index in [1.807, 2.05) is 24.3 Å². The smallest absolute Gasteiger partial charge is 0.407 e. The van der Waals surface area contributed by atoms with Crippen molar-refractivity contribution in [3.05, 3.63) is 59.7 Å². The fourth-order valence-corrected chi connectivity index (χ4v) is 6.30. The maximum absolute atomic E-state index is 13.0. The SMILES string of the molecule is O=C(NC1CC2CC2(C(=O)NC(CC2CC2)C(=O)O)C1)OCC1c2ccccc2-c2ccccc21. The minimum absolute atomic E-state index is 0.00155. The number of rotatable bonds is 8. The van der Waals surface area contributed by atoms with Crippen LogP contribution in [0.25, 0.3) is 11.1 Å². The lowest BCUT2D eigenvalue weighted by atomic mass is 9.98. The molecule has 0 aromatic heterocycles. The highest BCUT2D eigenvalue weighted by Gasteiger charge is 2.65. The van der Waals surface area contributed by atoms with Crippen LogP contribution in [-0.2, 0) is 14.3 Å². The molecule has 4 atom stereocenters. The first-order valence-electron chi connectivity index (χ1n) is 12.6. The van der Waals surface area contributed by atoms with E-state index in [-0.39, 0.29) is 30.4 Å². The molecular formula is C28H30N2O5. The zero-order valence-electron chi connectivity index (χ0n) is 19.5. The second-order valence-corrected chi connectivity index (χ2v) is 10.7. The van der Waals surface area contributed by atoms with Gasteiger partial charge in [-0.2, -0.15) is 0 Å². The highest BCUT2D eigenvalue weighted by Crippen LogP contribution is 2.63. The summed E-state index contributed by atoms with van der Waals surface area (Å²) >= 11 is 0. The fourth-order valence-electron chi connectivity index (χ4n) is 6.30. The van der Waals surface area contributed by atoms with E-state index >= 15 is 0 Å². The summed E-state index contributed by atoms with van der Waals surface area (Å²) in [4.78, 5) is 37.2. The third kappa shape index (κ3) is 4.07. The number of aliphatic carboxylic acids is 1. The Hall–Kier alpha value is -3.35. The molecule has 0 bridgehead atoms. The van der Waals surface area contributed by atoms with Crippen molar-refractivity contribution in [2.45, 2.75) is 56.5 Å². The minimum atomic E-state index is -0.967. The van der Waals surface area contributed by atoms with Crippen molar-refractivity contribution in [3.8, 4) is 11.1 Å². The number of hydrogen-bond acceptors (Lipinski definition) is 4. The second kappa shape index (κ2) is 8.40. The van der Waals surface area contributed by atoms with Gasteiger partial charge in [0, 0.05) is 12.0 Å². The third-order valence-corrected chi connectivity index (χ3v) is 8.40. The van der Waals surface area contributed by atoms with Crippen LogP contribution < -0.4 is 10.6 Å². The minimum Gasteiger partial charge on any atom is -0.480 e. The normalized spacial score (nSPS) is 26.7. The number of hydrogen-bond donors (Lipinski definition) is 3. The second-order valence-electron chi connectivity index (χ2n) is 10.7. The number of fused-ring (bicyclic) bond motifs is 4. The van der Waals surface area contributed by atoms with Crippen LogP contribution in [0.4, 0.5) is 4.79 Å². The van der Waals surface area contributed by atoms with Gasteiger partial charge >= 0.3 is 12.1 Å². The van der Waals surface area contributed by atoms with E-state index < -0.39 is 23.5 Å². The number of alkyl carbamates (subject to hydrolysis) is 1. The Labute approximate surface area is 204 Å². The number of nitrogens with one attached hydrogen (secondary N) is 2. The number of carbonyl (C=O) groups is 3. The van der Waals surface area contributed by atoms with E-state index in [0.717, 1.165) is 25.7 Å². The molecule has 4 aliphatic carbocycles. The highest BCUT2D eigenvalue weighted by atomic mass is 16.5. The molecule has 7 nitrogen and oxygen atoms in total. The molecule has 4 aliphatic rings. The number of benzene rings is 2. The molecular weight excluding hydrogens is 444 g/mol. The van der Waals surface area contributed by atoms with Gasteiger partial charge in [-0.25, -0.2) is 9.59 Å². The number of amides is 2. The van der Waals surface area contributed by atoms with Gasteiger partial charge in [-0.05, 0) is 59.8 Å². The van der Waals surface area contributed by atoms with E-state index in [1.165, 1.54) is 22.3 Å². The molecule has 2 aromatic rings. The van der Waals surface area contributed by atoms with Crippen LogP contribution in [0.15, 0.2) is 48.5 Å². The summed E-state index contributed by atoms with van der Waals surface area (Å²) in [5, 5.41) is 15.2. The van der Waals surface area contributed by atoms with Crippen LogP contribution in [0, 0.1) is 17.3 Å². The summed E-state index contributed by atoms with van der Waals surface area (Å²) in [6, 6.07) is 15.5. The van der Waals surface area contributed by atoms with Crippen LogP contribution in [0.1, 0.15) is 55.6 Å². The lowest BCUT2D eigenvalue weighted by Crippen LogP contribution is -2.45. The van der Waals surface area contributed by atoms with Gasteiger partial charge in [-0.3, -0.25) is 4.79 Å². The fraction of sp³-hybridized carbons (Fsp3) is 0.464. The predicted octanol–water partition coefficient (Wildman–Crippen LogP) is 4.06. The van der Waals surface area contributed by atoms with Crippen molar-refractivity contribution in [1.29, 1.82) is 0 Å². The van der Waals surface area contributed by atoms with Gasteiger partial charge in [0.15, 0.2) is 0 Å².